The number of rotatable bonds is 4. The molecule has 3 aromatic rings. The van der Waals surface area contributed by atoms with Crippen LogP contribution in [0.15, 0.2) is 36.4 Å². The minimum absolute atomic E-state index is 0.270. The molecule has 0 atom stereocenters. The standard InChI is InChI=1S/C25H28O3/c1-14-6-19(12-23-15(2)8-21(26)9-16(23)3)25(28)20(7-14)13-24-17(4)10-22(27)11-18(24)5/h6-11,26-28H,12-13H2,1-5H3. The highest BCUT2D eigenvalue weighted by Gasteiger charge is 2.15. The van der Waals surface area contributed by atoms with E-state index >= 15 is 0 Å². The van der Waals surface area contributed by atoms with Gasteiger partial charge in [0.25, 0.3) is 0 Å². The summed E-state index contributed by atoms with van der Waals surface area (Å²) in [5.74, 6) is 0.863. The lowest BCUT2D eigenvalue weighted by Crippen LogP contribution is -2.01. The summed E-state index contributed by atoms with van der Waals surface area (Å²) in [5.41, 5.74) is 9.21. The third kappa shape index (κ3) is 3.99. The van der Waals surface area contributed by atoms with Crippen LogP contribution in [0.1, 0.15) is 50.1 Å². The highest BCUT2D eigenvalue weighted by Crippen LogP contribution is 2.33. The Bertz CT molecular complexity index is 921. The zero-order chi connectivity index (χ0) is 20.6. The minimum atomic E-state index is 0.270. The Kier molecular flexibility index (Phi) is 5.37. The summed E-state index contributed by atoms with van der Waals surface area (Å²) in [7, 11) is 0. The van der Waals surface area contributed by atoms with E-state index in [4.69, 9.17) is 0 Å². The van der Waals surface area contributed by atoms with E-state index in [-0.39, 0.29) is 11.5 Å². The van der Waals surface area contributed by atoms with Gasteiger partial charge in [-0.05, 0) is 103 Å². The summed E-state index contributed by atoms with van der Waals surface area (Å²) >= 11 is 0. The smallest absolute Gasteiger partial charge is 0.122 e. The second kappa shape index (κ2) is 7.59. The van der Waals surface area contributed by atoms with E-state index in [1.54, 1.807) is 24.3 Å². The van der Waals surface area contributed by atoms with Crippen molar-refractivity contribution in [1.29, 1.82) is 0 Å². The third-order valence-corrected chi connectivity index (χ3v) is 5.51. The summed E-state index contributed by atoms with van der Waals surface area (Å²) < 4.78 is 0. The van der Waals surface area contributed by atoms with Crippen molar-refractivity contribution in [1.82, 2.24) is 0 Å². The van der Waals surface area contributed by atoms with Gasteiger partial charge in [0, 0.05) is 12.8 Å². The first-order chi connectivity index (χ1) is 13.2. The van der Waals surface area contributed by atoms with Gasteiger partial charge in [0.1, 0.15) is 17.2 Å². The molecule has 3 rings (SSSR count). The Morgan fingerprint density at radius 3 is 1.18 bits per heavy atom. The van der Waals surface area contributed by atoms with E-state index < -0.39 is 0 Å². The van der Waals surface area contributed by atoms with E-state index in [9.17, 15) is 15.3 Å². The maximum absolute atomic E-state index is 11.0. The van der Waals surface area contributed by atoms with Gasteiger partial charge in [-0.2, -0.15) is 0 Å². The monoisotopic (exact) mass is 376 g/mol. The van der Waals surface area contributed by atoms with Crippen LogP contribution in [0.5, 0.6) is 17.2 Å². The van der Waals surface area contributed by atoms with Crippen molar-refractivity contribution in [3.8, 4) is 17.2 Å². The second-order valence-electron chi connectivity index (χ2n) is 7.90. The zero-order valence-corrected chi connectivity index (χ0v) is 17.2. The largest absolute Gasteiger partial charge is 0.508 e. The molecule has 3 N–H and O–H groups in total. The predicted octanol–water partition coefficient (Wildman–Crippen LogP) is 5.53. The summed E-state index contributed by atoms with van der Waals surface area (Å²) in [6.45, 7) is 9.98. The van der Waals surface area contributed by atoms with E-state index in [1.807, 2.05) is 46.8 Å². The molecule has 146 valence electrons. The van der Waals surface area contributed by atoms with Crippen LogP contribution in [0.2, 0.25) is 0 Å². The van der Waals surface area contributed by atoms with Gasteiger partial charge in [-0.25, -0.2) is 0 Å². The molecule has 0 unspecified atom stereocenters. The zero-order valence-electron chi connectivity index (χ0n) is 17.2. The molecule has 0 spiro atoms. The first-order valence-electron chi connectivity index (χ1n) is 9.55. The molecule has 0 fully saturated rings. The Labute approximate surface area is 166 Å². The van der Waals surface area contributed by atoms with Crippen LogP contribution in [0, 0.1) is 34.6 Å². The number of aromatic hydroxyl groups is 3. The van der Waals surface area contributed by atoms with Gasteiger partial charge in [-0.15, -0.1) is 0 Å². The van der Waals surface area contributed by atoms with Crippen molar-refractivity contribution in [3.63, 3.8) is 0 Å². The molecule has 28 heavy (non-hydrogen) atoms. The van der Waals surface area contributed by atoms with Gasteiger partial charge in [0.2, 0.25) is 0 Å². The molecule has 3 heteroatoms. The molecule has 0 radical (unpaired) electrons. The topological polar surface area (TPSA) is 60.7 Å². The maximum Gasteiger partial charge on any atom is 0.122 e. The maximum atomic E-state index is 11.0. The Balaban J connectivity index is 2.02. The lowest BCUT2D eigenvalue weighted by Gasteiger charge is -2.17. The van der Waals surface area contributed by atoms with Crippen LogP contribution in [0.3, 0.4) is 0 Å². The van der Waals surface area contributed by atoms with Crippen LogP contribution >= 0.6 is 0 Å². The number of aryl methyl sites for hydroxylation is 5. The van der Waals surface area contributed by atoms with E-state index in [0.29, 0.717) is 18.6 Å². The summed E-state index contributed by atoms with van der Waals surface area (Å²) in [6.07, 6.45) is 1.23. The molecule has 0 aliphatic rings. The fourth-order valence-corrected chi connectivity index (χ4v) is 4.08. The molecule has 0 saturated heterocycles. The molecule has 0 saturated carbocycles. The Hall–Kier alpha value is -2.94. The lowest BCUT2D eigenvalue weighted by molar-refractivity contribution is 0.463. The van der Waals surface area contributed by atoms with Gasteiger partial charge in [-0.3, -0.25) is 0 Å². The SMILES string of the molecule is Cc1cc(Cc2c(C)cc(O)cc2C)c(O)c(Cc2c(C)cc(O)cc2C)c1. The summed E-state index contributed by atoms with van der Waals surface area (Å²) in [5, 5.41) is 30.6. The van der Waals surface area contributed by atoms with E-state index in [0.717, 1.165) is 50.1 Å². The number of benzene rings is 3. The summed E-state index contributed by atoms with van der Waals surface area (Å²) in [6, 6.07) is 11.1. The van der Waals surface area contributed by atoms with Gasteiger partial charge in [0.15, 0.2) is 0 Å². The van der Waals surface area contributed by atoms with Gasteiger partial charge in [-0.1, -0.05) is 17.7 Å². The average molecular weight is 376 g/mol. The number of phenols is 3. The summed E-state index contributed by atoms with van der Waals surface area (Å²) in [4.78, 5) is 0. The normalized spacial score (nSPS) is 11.0. The number of hydrogen-bond donors (Lipinski definition) is 3. The van der Waals surface area contributed by atoms with Crippen LogP contribution in [-0.4, -0.2) is 15.3 Å². The minimum Gasteiger partial charge on any atom is -0.508 e. The fourth-order valence-electron chi connectivity index (χ4n) is 4.08. The molecule has 0 aliphatic carbocycles. The fraction of sp³-hybridized carbons (Fsp3) is 0.280. The van der Waals surface area contributed by atoms with E-state index in [2.05, 4.69) is 0 Å². The molecule has 0 heterocycles. The van der Waals surface area contributed by atoms with Crippen LogP contribution in [0.4, 0.5) is 0 Å². The third-order valence-electron chi connectivity index (χ3n) is 5.51. The molecular formula is C25H28O3. The van der Waals surface area contributed by atoms with Crippen molar-refractivity contribution in [3.05, 3.63) is 86.5 Å². The van der Waals surface area contributed by atoms with Crippen molar-refractivity contribution in [2.24, 2.45) is 0 Å². The van der Waals surface area contributed by atoms with Gasteiger partial charge in [0.05, 0.1) is 0 Å². The van der Waals surface area contributed by atoms with E-state index in [1.165, 1.54) is 0 Å². The molecule has 0 aromatic heterocycles. The Morgan fingerprint density at radius 1 is 0.536 bits per heavy atom. The van der Waals surface area contributed by atoms with Gasteiger partial charge < -0.3 is 15.3 Å². The molecule has 0 aliphatic heterocycles. The highest BCUT2D eigenvalue weighted by molar-refractivity contribution is 5.52. The molecule has 3 nitrogen and oxygen atoms in total. The number of phenolic OH excluding ortho intramolecular Hbond substituents is 3. The molecule has 3 aromatic carbocycles. The first-order valence-corrected chi connectivity index (χ1v) is 9.55. The van der Waals surface area contributed by atoms with Crippen molar-refractivity contribution < 1.29 is 15.3 Å². The van der Waals surface area contributed by atoms with Crippen molar-refractivity contribution >= 4 is 0 Å². The lowest BCUT2D eigenvalue weighted by atomic mass is 9.90. The number of hydrogen-bond acceptors (Lipinski definition) is 3. The average Bonchev–Trinajstić information content (AvgIpc) is 2.57. The van der Waals surface area contributed by atoms with Crippen molar-refractivity contribution in [2.45, 2.75) is 47.5 Å². The first kappa shape index (κ1) is 19.8. The van der Waals surface area contributed by atoms with Crippen LogP contribution < -0.4 is 0 Å². The van der Waals surface area contributed by atoms with Crippen molar-refractivity contribution in [2.75, 3.05) is 0 Å². The van der Waals surface area contributed by atoms with Gasteiger partial charge >= 0.3 is 0 Å². The Morgan fingerprint density at radius 2 is 0.857 bits per heavy atom. The quantitative estimate of drug-likeness (QED) is 0.561. The van der Waals surface area contributed by atoms with Crippen LogP contribution in [-0.2, 0) is 12.8 Å². The highest BCUT2D eigenvalue weighted by atomic mass is 16.3. The molecule has 0 amide bonds. The molecular weight excluding hydrogens is 348 g/mol. The van der Waals surface area contributed by atoms with Crippen LogP contribution in [0.25, 0.3) is 0 Å². The predicted molar refractivity (Wildman–Crippen MR) is 114 cm³/mol. The second-order valence-corrected chi connectivity index (χ2v) is 7.90. The molecule has 0 bridgehead atoms.